The highest BCUT2D eigenvalue weighted by Crippen LogP contribution is 2.51. The van der Waals surface area contributed by atoms with E-state index in [4.69, 9.17) is 11.0 Å². The maximum atomic E-state index is 8.88. The van der Waals surface area contributed by atoms with Crippen molar-refractivity contribution in [3.8, 4) is 39.1 Å². The van der Waals surface area contributed by atoms with E-state index in [-0.39, 0.29) is 48.3 Å². The van der Waals surface area contributed by atoms with Gasteiger partial charge in [-0.25, -0.2) is 0 Å². The predicted molar refractivity (Wildman–Crippen MR) is 224 cm³/mol. The summed E-state index contributed by atoms with van der Waals surface area (Å²) in [7, 11) is 0. The first-order valence-corrected chi connectivity index (χ1v) is 17.8. The van der Waals surface area contributed by atoms with Gasteiger partial charge in [-0.05, 0) is 105 Å². The van der Waals surface area contributed by atoms with Crippen LogP contribution in [0.25, 0.3) is 60.9 Å². The number of rotatable bonds is 6. The zero-order valence-electron chi connectivity index (χ0n) is 37.3. The smallest absolute Gasteiger partial charge is 0.0626 e. The summed E-state index contributed by atoms with van der Waals surface area (Å²) >= 11 is 0. The minimum atomic E-state index is -0.523. The molecule has 9 aromatic rings. The molecule has 2 heteroatoms. The third-order valence-electron chi connectivity index (χ3n) is 10.7. The Hall–Kier alpha value is -6.64. The van der Waals surface area contributed by atoms with Crippen molar-refractivity contribution in [1.82, 2.24) is 4.57 Å². The SMILES string of the molecule is [2H]c1ccc(-c2ccc(N(c3ccc4c(c3)C(C)(C)c3c-4ccc([2H])c3[2H])c3ccc4c(c3)c3ccc(-c5ccc([2H])c([2H])c5)cc3n4-c3ccc([2H])c([2H])c3)cc2)cc1[2H]. The Bertz CT molecular complexity index is 3280. The Morgan fingerprint density at radius 2 is 1.08 bits per heavy atom. The highest BCUT2D eigenvalue weighted by molar-refractivity contribution is 6.11. The number of hydrogen-bond donors (Lipinski definition) is 0. The number of fused-ring (bicyclic) bond motifs is 6. The first-order valence-electron chi connectivity index (χ1n) is 21.8. The zero-order chi connectivity index (χ0) is 42.5. The zero-order valence-corrected chi connectivity index (χ0v) is 29.3. The average molecular weight is 687 g/mol. The number of aromatic nitrogens is 1. The fourth-order valence-electron chi connectivity index (χ4n) is 8.05. The van der Waals surface area contributed by atoms with Crippen LogP contribution in [0.2, 0.25) is 0 Å². The highest BCUT2D eigenvalue weighted by Gasteiger charge is 2.35. The van der Waals surface area contributed by atoms with E-state index in [1.165, 1.54) is 0 Å². The van der Waals surface area contributed by atoms with Crippen LogP contribution in [0.4, 0.5) is 17.1 Å². The molecular weight excluding hydrogens is 641 g/mol. The molecule has 53 heavy (non-hydrogen) atoms. The summed E-state index contributed by atoms with van der Waals surface area (Å²) in [6.07, 6.45) is 0. The van der Waals surface area contributed by atoms with Gasteiger partial charge in [0.05, 0.1) is 22.0 Å². The van der Waals surface area contributed by atoms with Gasteiger partial charge in [0.2, 0.25) is 0 Å². The number of para-hydroxylation sites is 1. The van der Waals surface area contributed by atoms with Crippen LogP contribution >= 0.6 is 0 Å². The Labute approximate surface area is 322 Å². The molecule has 0 fully saturated rings. The maximum Gasteiger partial charge on any atom is 0.0626 e. The summed E-state index contributed by atoms with van der Waals surface area (Å²) in [5.41, 5.74) is 12.2. The molecule has 0 spiro atoms. The lowest BCUT2D eigenvalue weighted by Crippen LogP contribution is -2.16. The fourth-order valence-corrected chi connectivity index (χ4v) is 8.05. The van der Waals surface area contributed by atoms with Crippen molar-refractivity contribution >= 4 is 38.9 Å². The van der Waals surface area contributed by atoms with Gasteiger partial charge in [0, 0.05) is 38.9 Å². The largest absolute Gasteiger partial charge is 0.310 e. The van der Waals surface area contributed by atoms with Gasteiger partial charge in [0.25, 0.3) is 0 Å². The molecule has 1 aliphatic carbocycles. The van der Waals surface area contributed by atoms with Gasteiger partial charge in [-0.15, -0.1) is 0 Å². The number of hydrogen-bond acceptors (Lipinski definition) is 1. The van der Waals surface area contributed by atoms with Gasteiger partial charge < -0.3 is 9.47 Å². The van der Waals surface area contributed by atoms with Crippen molar-refractivity contribution < 1.29 is 11.0 Å². The van der Waals surface area contributed by atoms with Gasteiger partial charge in [0.1, 0.15) is 0 Å². The molecule has 1 heterocycles. The van der Waals surface area contributed by atoms with E-state index < -0.39 is 5.41 Å². The molecule has 10 rings (SSSR count). The van der Waals surface area contributed by atoms with Crippen LogP contribution in [-0.2, 0) is 5.41 Å². The van der Waals surface area contributed by atoms with Crippen LogP contribution in [-0.4, -0.2) is 4.57 Å². The Kier molecular flexibility index (Phi) is 5.49. The molecule has 2 nitrogen and oxygen atoms in total. The molecule has 1 aliphatic rings. The van der Waals surface area contributed by atoms with Crippen LogP contribution in [0.1, 0.15) is 35.9 Å². The molecule has 0 aliphatic heterocycles. The summed E-state index contributed by atoms with van der Waals surface area (Å²) < 4.78 is 68.8. The third kappa shape index (κ3) is 5.10. The molecule has 0 bridgehead atoms. The lowest BCUT2D eigenvalue weighted by Gasteiger charge is -2.28. The molecule has 8 aromatic carbocycles. The Balaban J connectivity index is 1.18. The molecule has 0 saturated carbocycles. The Morgan fingerprint density at radius 1 is 0.453 bits per heavy atom. The van der Waals surface area contributed by atoms with Crippen LogP contribution in [0, 0.1) is 0 Å². The van der Waals surface area contributed by atoms with Crippen molar-refractivity contribution in [1.29, 1.82) is 0 Å². The van der Waals surface area contributed by atoms with E-state index in [0.29, 0.717) is 0 Å². The number of nitrogens with zero attached hydrogens (tertiary/aromatic N) is 2. The second-order valence-electron chi connectivity index (χ2n) is 14.0. The predicted octanol–water partition coefficient (Wildman–Crippen LogP) is 13.9. The maximum absolute atomic E-state index is 8.88. The first-order chi connectivity index (χ1) is 29.3. The summed E-state index contributed by atoms with van der Waals surface area (Å²) in [5, 5.41) is 1.95. The molecule has 252 valence electrons. The second kappa shape index (κ2) is 12.3. The Morgan fingerprint density at radius 3 is 1.85 bits per heavy atom. The average Bonchev–Trinajstić information content (AvgIpc) is 3.70. The van der Waals surface area contributed by atoms with Gasteiger partial charge in [-0.1, -0.05) is 147 Å². The number of anilines is 3. The van der Waals surface area contributed by atoms with Crippen molar-refractivity contribution in [2.24, 2.45) is 0 Å². The minimum absolute atomic E-state index is 0.118. The normalized spacial score (nSPS) is 15.0. The molecular formula is C51H38N2. The fraction of sp³-hybridized carbons (Fsp3) is 0.0588. The van der Waals surface area contributed by atoms with Gasteiger partial charge in [-0.3, -0.25) is 0 Å². The number of benzene rings is 8. The van der Waals surface area contributed by atoms with Crippen LogP contribution in [0.3, 0.4) is 0 Å². The van der Waals surface area contributed by atoms with Gasteiger partial charge in [0.15, 0.2) is 0 Å². The van der Waals surface area contributed by atoms with E-state index in [1.54, 1.807) is 42.5 Å². The third-order valence-corrected chi connectivity index (χ3v) is 10.7. The second-order valence-corrected chi connectivity index (χ2v) is 14.0. The summed E-state index contributed by atoms with van der Waals surface area (Å²) in [4.78, 5) is 2.22. The summed E-state index contributed by atoms with van der Waals surface area (Å²) in [6, 6.07) is 47.9. The lowest BCUT2D eigenvalue weighted by molar-refractivity contribution is 0.660. The van der Waals surface area contributed by atoms with Crippen LogP contribution < -0.4 is 4.90 Å². The molecule has 0 saturated heterocycles. The van der Waals surface area contributed by atoms with Gasteiger partial charge >= 0.3 is 0 Å². The molecule has 1 aromatic heterocycles. The summed E-state index contributed by atoms with van der Waals surface area (Å²) in [5.74, 6) is 0. The van der Waals surface area contributed by atoms with Gasteiger partial charge in [-0.2, -0.15) is 0 Å². The van der Waals surface area contributed by atoms with E-state index in [0.717, 1.165) is 89.1 Å². The molecule has 0 atom stereocenters. The topological polar surface area (TPSA) is 8.17 Å². The quantitative estimate of drug-likeness (QED) is 0.169. The van der Waals surface area contributed by atoms with E-state index in [2.05, 4.69) is 84.0 Å². The standard InChI is InChI=1S/C51H38N2/c1-51(2)47-21-13-12-20-43(47)44-30-27-42(34-48(44)51)52(40-25-22-37(23-26-40)35-14-6-3-7-15-35)41-28-31-49-46(33-41)45-29-24-38(36-16-8-4-9-17-36)32-50(45)53(49)39-18-10-5-11-19-39/h3-34H,1-2H3/i3D,4D,5D,6D,8D,10D,13D,21D. The summed E-state index contributed by atoms with van der Waals surface area (Å²) in [6.45, 7) is 4.25. The van der Waals surface area contributed by atoms with E-state index in [1.807, 2.05) is 42.5 Å². The van der Waals surface area contributed by atoms with Crippen molar-refractivity contribution in [2.75, 3.05) is 4.90 Å². The van der Waals surface area contributed by atoms with E-state index >= 15 is 0 Å². The highest BCUT2D eigenvalue weighted by atomic mass is 15.1. The van der Waals surface area contributed by atoms with Crippen molar-refractivity contribution in [3.63, 3.8) is 0 Å². The first kappa shape index (κ1) is 23.8. The molecule has 0 amide bonds. The van der Waals surface area contributed by atoms with Crippen LogP contribution in [0.15, 0.2) is 194 Å². The van der Waals surface area contributed by atoms with Crippen molar-refractivity contribution in [2.45, 2.75) is 19.3 Å². The molecule has 0 unspecified atom stereocenters. The monoisotopic (exact) mass is 686 g/mol. The molecule has 0 radical (unpaired) electrons. The van der Waals surface area contributed by atoms with E-state index in [9.17, 15) is 0 Å². The lowest BCUT2D eigenvalue weighted by atomic mass is 9.82. The minimum Gasteiger partial charge on any atom is -0.310 e. The van der Waals surface area contributed by atoms with Crippen LogP contribution in [0.5, 0.6) is 0 Å². The van der Waals surface area contributed by atoms with Crippen molar-refractivity contribution in [3.05, 3.63) is 205 Å². The molecule has 0 N–H and O–H groups in total.